The maximum absolute atomic E-state index is 6.97. The SMILES string of the molecule is CCC[CH2][Sn]([CH2]CCC)([CH2]CCC)[c]1cccc2c(O[Si](C)(C)C(C)(C)C)ccc(N(C)C)c12. The molecule has 34 heavy (non-hydrogen) atoms. The zero-order chi connectivity index (χ0) is 25.6. The van der Waals surface area contributed by atoms with Crippen molar-refractivity contribution < 1.29 is 4.43 Å². The van der Waals surface area contributed by atoms with Crippen LogP contribution in [-0.2, 0) is 0 Å². The predicted molar refractivity (Wildman–Crippen MR) is 161 cm³/mol. The van der Waals surface area contributed by atoms with Gasteiger partial charge in [-0.2, -0.15) is 0 Å². The molecule has 0 atom stereocenters. The van der Waals surface area contributed by atoms with Gasteiger partial charge in [0.25, 0.3) is 0 Å². The summed E-state index contributed by atoms with van der Waals surface area (Å²) >= 11 is -2.64. The van der Waals surface area contributed by atoms with Gasteiger partial charge in [-0.1, -0.05) is 0 Å². The van der Waals surface area contributed by atoms with E-state index in [1.54, 1.807) is 3.58 Å². The standard InChI is InChI=1S/C18H26NOSi.3C4H9.Sn/c1-18(2,3)21(6,7)20-17-13-12-16(19(4)5)14-10-8-9-11-15(14)17;3*1-3-4-2;/h8-9,11-13H,1-7H3;3*1,3-4H2,2H3;. The van der Waals surface area contributed by atoms with Crippen LogP contribution in [0.5, 0.6) is 5.75 Å². The molecule has 0 aromatic heterocycles. The Morgan fingerprint density at radius 3 is 1.79 bits per heavy atom. The second-order valence-corrected chi connectivity index (χ2v) is 30.0. The van der Waals surface area contributed by atoms with Crippen molar-refractivity contribution in [1.82, 2.24) is 0 Å². The molecule has 0 bridgehead atoms. The zero-order valence-corrected chi connectivity index (χ0v) is 28.0. The summed E-state index contributed by atoms with van der Waals surface area (Å²) in [5, 5.41) is 3.05. The summed E-state index contributed by atoms with van der Waals surface area (Å²) in [6, 6.07) is 11.8. The molecule has 0 spiro atoms. The second kappa shape index (κ2) is 12.5. The third kappa shape index (κ3) is 6.75. The Morgan fingerprint density at radius 2 is 1.35 bits per heavy atom. The number of nitrogens with zero attached hydrogens (tertiary/aromatic N) is 1. The van der Waals surface area contributed by atoms with Crippen LogP contribution in [0.2, 0.25) is 31.4 Å². The topological polar surface area (TPSA) is 12.5 Å². The number of anilines is 1. The van der Waals surface area contributed by atoms with Crippen LogP contribution >= 0.6 is 0 Å². The van der Waals surface area contributed by atoms with Crippen LogP contribution in [0.25, 0.3) is 10.8 Å². The number of hydrogen-bond acceptors (Lipinski definition) is 2. The maximum atomic E-state index is 6.97. The molecule has 0 amide bonds. The summed E-state index contributed by atoms with van der Waals surface area (Å²) in [6.45, 7) is 18.9. The summed E-state index contributed by atoms with van der Waals surface area (Å²) in [5.41, 5.74) is 1.37. The molecule has 2 rings (SSSR count). The molecule has 192 valence electrons. The van der Waals surface area contributed by atoms with E-state index in [0.29, 0.717) is 0 Å². The van der Waals surface area contributed by atoms with Crippen molar-refractivity contribution in [3.05, 3.63) is 30.3 Å². The molecule has 0 radical (unpaired) electrons. The van der Waals surface area contributed by atoms with E-state index in [9.17, 15) is 0 Å². The predicted octanol–water partition coefficient (Wildman–Crippen LogP) is 9.35. The van der Waals surface area contributed by atoms with Crippen molar-refractivity contribution in [2.24, 2.45) is 0 Å². The fourth-order valence-electron chi connectivity index (χ4n) is 5.02. The molecule has 2 aromatic rings. The van der Waals surface area contributed by atoms with Crippen molar-refractivity contribution in [1.29, 1.82) is 0 Å². The normalized spacial score (nSPS) is 12.9. The van der Waals surface area contributed by atoms with E-state index in [1.165, 1.54) is 68.3 Å². The van der Waals surface area contributed by atoms with Crippen molar-refractivity contribution >= 4 is 46.7 Å². The second-order valence-electron chi connectivity index (χ2n) is 12.2. The van der Waals surface area contributed by atoms with Crippen LogP contribution in [0, 0.1) is 0 Å². The number of hydrogen-bond donors (Lipinski definition) is 0. The van der Waals surface area contributed by atoms with Crippen LogP contribution in [0.4, 0.5) is 5.69 Å². The summed E-state index contributed by atoms with van der Waals surface area (Å²) in [5.74, 6) is 1.11. The first-order valence-corrected chi connectivity index (χ1v) is 24.3. The van der Waals surface area contributed by atoms with Crippen LogP contribution in [0.3, 0.4) is 0 Å². The van der Waals surface area contributed by atoms with E-state index < -0.39 is 26.7 Å². The van der Waals surface area contributed by atoms with Gasteiger partial charge in [-0.3, -0.25) is 0 Å². The Hall–Kier alpha value is -0.684. The van der Waals surface area contributed by atoms with Gasteiger partial charge in [-0.05, 0) is 0 Å². The molecule has 0 saturated carbocycles. The Bertz CT molecular complexity index is 894. The molecular formula is C30H53NOSiSn. The molecule has 4 heteroatoms. The summed E-state index contributed by atoms with van der Waals surface area (Å²) < 4.78 is 13.2. The Morgan fingerprint density at radius 1 is 0.824 bits per heavy atom. The van der Waals surface area contributed by atoms with Gasteiger partial charge in [0.05, 0.1) is 0 Å². The zero-order valence-electron chi connectivity index (χ0n) is 24.1. The van der Waals surface area contributed by atoms with Crippen LogP contribution < -0.4 is 12.9 Å². The quantitative estimate of drug-likeness (QED) is 0.216. The van der Waals surface area contributed by atoms with E-state index in [2.05, 4.69) is 104 Å². The van der Waals surface area contributed by atoms with Crippen molar-refractivity contribution in [2.75, 3.05) is 19.0 Å². The van der Waals surface area contributed by atoms with E-state index in [4.69, 9.17) is 4.43 Å². The molecule has 0 heterocycles. The minimum absolute atomic E-state index is 0.184. The van der Waals surface area contributed by atoms with Gasteiger partial charge in [0.1, 0.15) is 0 Å². The number of unbranched alkanes of at least 4 members (excludes halogenated alkanes) is 3. The molecule has 2 aromatic carbocycles. The van der Waals surface area contributed by atoms with E-state index in [0.717, 1.165) is 5.75 Å². The van der Waals surface area contributed by atoms with Gasteiger partial charge in [-0.15, -0.1) is 0 Å². The monoisotopic (exact) mass is 591 g/mol. The molecular weight excluding hydrogens is 537 g/mol. The van der Waals surface area contributed by atoms with Gasteiger partial charge >= 0.3 is 218 Å². The number of benzene rings is 2. The molecule has 0 unspecified atom stereocenters. The third-order valence-corrected chi connectivity index (χ3v) is 28.2. The Labute approximate surface area is 216 Å². The van der Waals surface area contributed by atoms with Gasteiger partial charge in [0, 0.05) is 0 Å². The van der Waals surface area contributed by atoms with Gasteiger partial charge < -0.3 is 0 Å². The minimum atomic E-state index is -2.64. The molecule has 2 nitrogen and oxygen atoms in total. The molecule has 0 aliphatic carbocycles. The molecule has 0 N–H and O–H groups in total. The Kier molecular flexibility index (Phi) is 10.9. The van der Waals surface area contributed by atoms with Crippen LogP contribution in [0.15, 0.2) is 30.3 Å². The number of fused-ring (bicyclic) bond motifs is 1. The molecule has 0 aliphatic heterocycles. The van der Waals surface area contributed by atoms with Gasteiger partial charge in [0.2, 0.25) is 0 Å². The summed E-state index contributed by atoms with van der Waals surface area (Å²) in [4.78, 5) is 2.33. The summed E-state index contributed by atoms with van der Waals surface area (Å²) in [6.07, 6.45) is 8.08. The van der Waals surface area contributed by atoms with E-state index in [1.807, 2.05) is 0 Å². The average Bonchev–Trinajstić information content (AvgIpc) is 2.77. The molecule has 0 fully saturated rings. The van der Waals surface area contributed by atoms with Crippen molar-refractivity contribution in [3.63, 3.8) is 0 Å². The fourth-order valence-corrected chi connectivity index (χ4v) is 22.9. The van der Waals surface area contributed by atoms with Crippen LogP contribution in [0.1, 0.15) is 80.1 Å². The first-order valence-electron chi connectivity index (χ1n) is 13.9. The Balaban J connectivity index is 2.84. The summed E-state index contributed by atoms with van der Waals surface area (Å²) in [7, 11) is 2.49. The van der Waals surface area contributed by atoms with E-state index >= 15 is 0 Å². The molecule has 0 aliphatic rings. The van der Waals surface area contributed by atoms with Gasteiger partial charge in [-0.25, -0.2) is 0 Å². The van der Waals surface area contributed by atoms with Crippen molar-refractivity contribution in [2.45, 2.75) is 112 Å². The first kappa shape index (κ1) is 29.5. The fraction of sp³-hybridized carbons (Fsp3) is 0.667. The van der Waals surface area contributed by atoms with Crippen molar-refractivity contribution in [3.8, 4) is 5.75 Å². The van der Waals surface area contributed by atoms with E-state index in [-0.39, 0.29) is 5.04 Å². The first-order chi connectivity index (χ1) is 15.9. The van der Waals surface area contributed by atoms with Crippen LogP contribution in [-0.4, -0.2) is 40.8 Å². The average molecular weight is 591 g/mol. The molecule has 0 saturated heterocycles. The number of rotatable bonds is 13. The third-order valence-electron chi connectivity index (χ3n) is 8.23. The van der Waals surface area contributed by atoms with Gasteiger partial charge in [0.15, 0.2) is 0 Å².